The van der Waals surface area contributed by atoms with Crippen molar-refractivity contribution in [2.45, 2.75) is 11.8 Å². The first-order valence-corrected chi connectivity index (χ1v) is 12.9. The van der Waals surface area contributed by atoms with Crippen molar-refractivity contribution in [2.24, 2.45) is 5.10 Å². The fourth-order valence-corrected chi connectivity index (χ4v) is 5.40. The second kappa shape index (κ2) is 11.4. The zero-order chi connectivity index (χ0) is 25.6. The summed E-state index contributed by atoms with van der Waals surface area (Å²) in [5.74, 6) is 0.123. The molecule has 1 N–H and O–H groups in total. The van der Waals surface area contributed by atoms with Gasteiger partial charge in [0.2, 0.25) is 0 Å². The first-order valence-electron chi connectivity index (χ1n) is 10.2. The van der Waals surface area contributed by atoms with E-state index < -0.39 is 22.5 Å². The summed E-state index contributed by atoms with van der Waals surface area (Å²) in [7, 11) is -0.0555. The largest absolute Gasteiger partial charge is 0.495 e. The Morgan fingerprint density at radius 3 is 2.34 bits per heavy atom. The van der Waals surface area contributed by atoms with Crippen LogP contribution in [-0.4, -0.2) is 47.9 Å². The maximum atomic E-state index is 13.8. The third-order valence-corrected chi connectivity index (χ3v) is 7.84. The summed E-state index contributed by atoms with van der Waals surface area (Å²) in [5, 5.41) is 6.24. The van der Waals surface area contributed by atoms with E-state index >= 15 is 0 Å². The van der Waals surface area contributed by atoms with Crippen molar-refractivity contribution in [3.8, 4) is 17.2 Å². The summed E-state index contributed by atoms with van der Waals surface area (Å²) in [6, 6.07) is 12.3. The lowest BCUT2D eigenvalue weighted by Crippen LogP contribution is -2.40. The van der Waals surface area contributed by atoms with E-state index in [-0.39, 0.29) is 27.1 Å². The molecule has 0 atom stereocenters. The molecule has 0 spiro atoms. The number of benzene rings is 2. The number of hydrazone groups is 1. The monoisotopic (exact) mass is 537 g/mol. The second-order valence-corrected chi connectivity index (χ2v) is 10.3. The molecule has 0 bridgehead atoms. The molecule has 0 saturated heterocycles. The maximum Gasteiger partial charge on any atom is 0.265 e. The molecule has 0 aliphatic rings. The first-order chi connectivity index (χ1) is 16.7. The highest BCUT2D eigenvalue weighted by atomic mass is 35.5. The lowest BCUT2D eigenvalue weighted by molar-refractivity contribution is -0.119. The Kier molecular flexibility index (Phi) is 8.60. The molecule has 1 amide bonds. The number of nitrogens with zero attached hydrogens (tertiary/aromatic N) is 2. The van der Waals surface area contributed by atoms with Crippen molar-refractivity contribution in [2.75, 3.05) is 32.2 Å². The smallest absolute Gasteiger partial charge is 0.265 e. The average molecular weight is 538 g/mol. The standard InChI is InChI=1S/C23H24ClN3O6S2/c1-15(22-6-5-11-34-22)25-26-23(28)14-27(18-12-16(24)7-9-19(18)31-2)35(29,30)17-8-10-20(32-3)21(13-17)33-4/h5-13H,14H2,1-4H3,(H,26,28). The summed E-state index contributed by atoms with van der Waals surface area (Å²) < 4.78 is 44.2. The van der Waals surface area contributed by atoms with E-state index in [1.54, 1.807) is 13.0 Å². The molecule has 0 saturated carbocycles. The van der Waals surface area contributed by atoms with Crippen molar-refractivity contribution in [3.63, 3.8) is 0 Å². The van der Waals surface area contributed by atoms with Crippen LogP contribution in [0.15, 0.2) is 63.9 Å². The Bertz CT molecular complexity index is 1330. The van der Waals surface area contributed by atoms with E-state index in [1.807, 2.05) is 17.5 Å². The number of anilines is 1. The summed E-state index contributed by atoms with van der Waals surface area (Å²) in [6.45, 7) is 1.15. The van der Waals surface area contributed by atoms with E-state index in [4.69, 9.17) is 25.8 Å². The molecule has 186 valence electrons. The number of carbonyl (C=O) groups is 1. The van der Waals surface area contributed by atoms with Gasteiger partial charge in [-0.3, -0.25) is 9.10 Å². The number of halogens is 1. The molecule has 0 fully saturated rings. The fourth-order valence-electron chi connectivity index (χ4n) is 3.11. The minimum Gasteiger partial charge on any atom is -0.495 e. The summed E-state index contributed by atoms with van der Waals surface area (Å²) in [4.78, 5) is 13.6. The Hall–Kier alpha value is -3.28. The molecular weight excluding hydrogens is 514 g/mol. The second-order valence-electron chi connectivity index (χ2n) is 7.05. The highest BCUT2D eigenvalue weighted by molar-refractivity contribution is 7.92. The van der Waals surface area contributed by atoms with Crippen LogP contribution in [0.3, 0.4) is 0 Å². The van der Waals surface area contributed by atoms with Crippen LogP contribution >= 0.6 is 22.9 Å². The molecule has 35 heavy (non-hydrogen) atoms. The van der Waals surface area contributed by atoms with Gasteiger partial charge in [-0.15, -0.1) is 11.3 Å². The number of nitrogens with one attached hydrogen (secondary N) is 1. The number of sulfonamides is 1. The van der Waals surface area contributed by atoms with Crippen LogP contribution in [-0.2, 0) is 14.8 Å². The van der Waals surface area contributed by atoms with Crippen LogP contribution in [0.5, 0.6) is 17.2 Å². The first kappa shape index (κ1) is 26.3. The number of thiophene rings is 1. The van der Waals surface area contributed by atoms with Crippen molar-refractivity contribution in [3.05, 3.63) is 63.8 Å². The molecule has 1 aromatic heterocycles. The van der Waals surface area contributed by atoms with Crippen molar-refractivity contribution >= 4 is 50.3 Å². The van der Waals surface area contributed by atoms with Crippen LogP contribution < -0.4 is 23.9 Å². The highest BCUT2D eigenvalue weighted by Gasteiger charge is 2.30. The third-order valence-electron chi connectivity index (χ3n) is 4.87. The number of hydrogen-bond acceptors (Lipinski definition) is 8. The van der Waals surface area contributed by atoms with Crippen molar-refractivity contribution < 1.29 is 27.4 Å². The maximum absolute atomic E-state index is 13.8. The van der Waals surface area contributed by atoms with Gasteiger partial charge in [-0.25, -0.2) is 13.8 Å². The number of ether oxygens (including phenoxy) is 3. The van der Waals surface area contributed by atoms with Crippen LogP contribution in [0.2, 0.25) is 5.02 Å². The molecule has 0 aliphatic carbocycles. The zero-order valence-electron chi connectivity index (χ0n) is 19.4. The Balaban J connectivity index is 2.03. The molecule has 2 aromatic carbocycles. The molecule has 0 unspecified atom stereocenters. The normalized spacial score (nSPS) is 11.6. The number of carbonyl (C=O) groups excluding carboxylic acids is 1. The van der Waals surface area contributed by atoms with Gasteiger partial charge in [0.25, 0.3) is 15.9 Å². The van der Waals surface area contributed by atoms with Crippen molar-refractivity contribution in [1.29, 1.82) is 0 Å². The SMILES string of the molecule is COc1ccc(S(=O)(=O)N(CC(=O)NN=C(C)c2cccs2)c2cc(Cl)ccc2OC)cc1OC. The zero-order valence-corrected chi connectivity index (χ0v) is 21.8. The van der Waals surface area contributed by atoms with Gasteiger partial charge in [-0.2, -0.15) is 5.10 Å². The molecule has 3 rings (SSSR count). The predicted octanol–water partition coefficient (Wildman–Crippen LogP) is 4.16. The number of rotatable bonds is 10. The van der Waals surface area contributed by atoms with Gasteiger partial charge < -0.3 is 14.2 Å². The molecule has 3 aromatic rings. The van der Waals surface area contributed by atoms with Gasteiger partial charge in [-0.1, -0.05) is 17.7 Å². The molecule has 0 aliphatic heterocycles. The molecular formula is C23H24ClN3O6S2. The lowest BCUT2D eigenvalue weighted by Gasteiger charge is -2.25. The van der Waals surface area contributed by atoms with Gasteiger partial charge in [0.05, 0.1) is 37.6 Å². The van der Waals surface area contributed by atoms with E-state index in [9.17, 15) is 13.2 Å². The van der Waals surface area contributed by atoms with Gasteiger partial charge in [0.15, 0.2) is 11.5 Å². The van der Waals surface area contributed by atoms with Gasteiger partial charge >= 0.3 is 0 Å². The Morgan fingerprint density at radius 2 is 1.71 bits per heavy atom. The van der Waals surface area contributed by atoms with E-state index in [0.717, 1.165) is 9.18 Å². The Morgan fingerprint density at radius 1 is 1.03 bits per heavy atom. The quantitative estimate of drug-likeness (QED) is 0.307. The van der Waals surface area contributed by atoms with Gasteiger partial charge in [0, 0.05) is 16.0 Å². The number of amides is 1. The van der Waals surface area contributed by atoms with Crippen LogP contribution in [0, 0.1) is 0 Å². The van der Waals surface area contributed by atoms with E-state index in [2.05, 4.69) is 10.5 Å². The third kappa shape index (κ3) is 6.05. The minimum absolute atomic E-state index is 0.0869. The van der Waals surface area contributed by atoms with E-state index in [0.29, 0.717) is 11.5 Å². The number of hydrogen-bond donors (Lipinski definition) is 1. The Labute approximate surface area is 212 Å². The highest BCUT2D eigenvalue weighted by Crippen LogP contribution is 2.36. The molecule has 12 heteroatoms. The molecule has 0 radical (unpaired) electrons. The average Bonchev–Trinajstić information content (AvgIpc) is 3.40. The summed E-state index contributed by atoms with van der Waals surface area (Å²) in [5.41, 5.74) is 3.09. The minimum atomic E-state index is -4.29. The summed E-state index contributed by atoms with van der Waals surface area (Å²) >= 11 is 7.63. The van der Waals surface area contributed by atoms with Crippen LogP contribution in [0.4, 0.5) is 5.69 Å². The summed E-state index contributed by atoms with van der Waals surface area (Å²) in [6.07, 6.45) is 0. The lowest BCUT2D eigenvalue weighted by atomic mass is 10.3. The van der Waals surface area contributed by atoms with Crippen molar-refractivity contribution in [1.82, 2.24) is 5.43 Å². The van der Waals surface area contributed by atoms with Gasteiger partial charge in [-0.05, 0) is 48.7 Å². The fraction of sp³-hybridized carbons (Fsp3) is 0.217. The predicted molar refractivity (Wildman–Crippen MR) is 137 cm³/mol. The topological polar surface area (TPSA) is 107 Å². The van der Waals surface area contributed by atoms with Crippen LogP contribution in [0.25, 0.3) is 0 Å². The molecule has 1 heterocycles. The van der Waals surface area contributed by atoms with Crippen LogP contribution in [0.1, 0.15) is 11.8 Å². The molecule has 9 nitrogen and oxygen atoms in total. The van der Waals surface area contributed by atoms with E-state index in [1.165, 1.54) is 63.0 Å². The number of methoxy groups -OCH3 is 3. The van der Waals surface area contributed by atoms with Gasteiger partial charge in [0.1, 0.15) is 12.3 Å².